The van der Waals surface area contributed by atoms with Crippen molar-refractivity contribution in [3.63, 3.8) is 0 Å². The van der Waals surface area contributed by atoms with E-state index in [1.54, 1.807) is 18.2 Å². The van der Waals surface area contributed by atoms with Gasteiger partial charge in [0.25, 0.3) is 0 Å². The average Bonchev–Trinajstić information content (AvgIpc) is 2.88. The number of halogens is 2. The number of carbonyl (C=O) groups excluding carboxylic acids is 1. The van der Waals surface area contributed by atoms with E-state index in [0.717, 1.165) is 9.47 Å². The van der Waals surface area contributed by atoms with E-state index in [-0.39, 0.29) is 11.7 Å². The van der Waals surface area contributed by atoms with Crippen molar-refractivity contribution in [1.82, 2.24) is 10.2 Å². The van der Waals surface area contributed by atoms with Gasteiger partial charge in [0.05, 0.1) is 21.5 Å². The predicted octanol–water partition coefficient (Wildman–Crippen LogP) is 4.40. The Morgan fingerprint density at radius 3 is 2.86 bits per heavy atom. The van der Waals surface area contributed by atoms with E-state index in [2.05, 4.69) is 20.8 Å². The SMILES string of the molecule is CC(C)Nc1nnc(SCC(=O)Nc2cccc(Cl)c2Cl)s1. The Morgan fingerprint density at radius 1 is 1.36 bits per heavy atom. The largest absolute Gasteiger partial charge is 0.358 e. The normalized spacial score (nSPS) is 10.8. The first-order valence-corrected chi connectivity index (χ1v) is 8.98. The molecule has 1 heterocycles. The highest BCUT2D eigenvalue weighted by Gasteiger charge is 2.11. The van der Waals surface area contributed by atoms with Gasteiger partial charge in [0.1, 0.15) is 0 Å². The number of carbonyl (C=O) groups is 1. The molecule has 0 unspecified atom stereocenters. The topological polar surface area (TPSA) is 66.9 Å². The van der Waals surface area contributed by atoms with Crippen LogP contribution in [0.1, 0.15) is 13.8 Å². The van der Waals surface area contributed by atoms with Gasteiger partial charge in [-0.2, -0.15) is 0 Å². The maximum Gasteiger partial charge on any atom is 0.234 e. The van der Waals surface area contributed by atoms with E-state index in [9.17, 15) is 4.79 Å². The van der Waals surface area contributed by atoms with Gasteiger partial charge in [0.2, 0.25) is 11.0 Å². The molecule has 22 heavy (non-hydrogen) atoms. The van der Waals surface area contributed by atoms with Gasteiger partial charge in [0, 0.05) is 6.04 Å². The number of anilines is 2. The number of nitrogens with one attached hydrogen (secondary N) is 2. The minimum atomic E-state index is -0.178. The van der Waals surface area contributed by atoms with Gasteiger partial charge in [-0.15, -0.1) is 10.2 Å². The molecule has 118 valence electrons. The first-order valence-electron chi connectivity index (χ1n) is 6.42. The molecule has 2 N–H and O–H groups in total. The van der Waals surface area contributed by atoms with E-state index >= 15 is 0 Å². The van der Waals surface area contributed by atoms with Crippen LogP contribution in [-0.2, 0) is 4.79 Å². The molecule has 0 aliphatic rings. The van der Waals surface area contributed by atoms with Crippen molar-refractivity contribution >= 4 is 63.0 Å². The monoisotopic (exact) mass is 376 g/mol. The molecule has 1 aromatic heterocycles. The number of amides is 1. The van der Waals surface area contributed by atoms with Gasteiger partial charge in [-0.1, -0.05) is 52.4 Å². The summed E-state index contributed by atoms with van der Waals surface area (Å²) in [6.45, 7) is 4.05. The molecular weight excluding hydrogens is 363 g/mol. The fourth-order valence-corrected chi connectivity index (χ4v) is 3.53. The molecule has 5 nitrogen and oxygen atoms in total. The molecule has 1 amide bonds. The van der Waals surface area contributed by atoms with E-state index in [0.29, 0.717) is 21.8 Å². The molecule has 0 saturated heterocycles. The minimum Gasteiger partial charge on any atom is -0.358 e. The third kappa shape index (κ3) is 5.01. The van der Waals surface area contributed by atoms with Gasteiger partial charge in [-0.05, 0) is 26.0 Å². The number of benzene rings is 1. The van der Waals surface area contributed by atoms with Crippen molar-refractivity contribution in [2.24, 2.45) is 0 Å². The molecule has 0 atom stereocenters. The lowest BCUT2D eigenvalue weighted by Gasteiger charge is -2.07. The smallest absolute Gasteiger partial charge is 0.234 e. The van der Waals surface area contributed by atoms with Gasteiger partial charge < -0.3 is 10.6 Å². The Labute approximate surface area is 146 Å². The van der Waals surface area contributed by atoms with Crippen LogP contribution in [0.3, 0.4) is 0 Å². The van der Waals surface area contributed by atoms with Gasteiger partial charge in [-0.3, -0.25) is 4.79 Å². The molecule has 2 aromatic rings. The van der Waals surface area contributed by atoms with Crippen LogP contribution in [0.5, 0.6) is 0 Å². The Kier molecular flexibility index (Phi) is 6.31. The molecule has 0 spiro atoms. The predicted molar refractivity (Wildman–Crippen MR) is 94.5 cm³/mol. The number of nitrogens with zero attached hydrogens (tertiary/aromatic N) is 2. The van der Waals surface area contributed by atoms with Crippen LogP contribution >= 0.6 is 46.3 Å². The van der Waals surface area contributed by atoms with E-state index in [1.165, 1.54) is 23.1 Å². The van der Waals surface area contributed by atoms with Crippen LogP contribution in [0.15, 0.2) is 22.5 Å². The number of thioether (sulfide) groups is 1. The average molecular weight is 377 g/mol. The summed E-state index contributed by atoms with van der Waals surface area (Å²) < 4.78 is 0.732. The van der Waals surface area contributed by atoms with Crippen LogP contribution in [0, 0.1) is 0 Å². The first kappa shape index (κ1) is 17.3. The standard InChI is InChI=1S/C13H14Cl2N4OS2/c1-7(2)16-12-18-19-13(22-12)21-6-10(20)17-9-5-3-4-8(14)11(9)15/h3-5,7H,6H2,1-2H3,(H,16,18)(H,17,20). The molecule has 0 bridgehead atoms. The lowest BCUT2D eigenvalue weighted by Crippen LogP contribution is -2.14. The van der Waals surface area contributed by atoms with Crippen molar-refractivity contribution in [3.8, 4) is 0 Å². The summed E-state index contributed by atoms with van der Waals surface area (Å²) in [5.41, 5.74) is 0.499. The van der Waals surface area contributed by atoms with Crippen molar-refractivity contribution in [2.75, 3.05) is 16.4 Å². The molecule has 0 saturated carbocycles. The highest BCUT2D eigenvalue weighted by atomic mass is 35.5. The molecule has 1 aromatic carbocycles. The van der Waals surface area contributed by atoms with Crippen LogP contribution in [-0.4, -0.2) is 27.9 Å². The summed E-state index contributed by atoms with van der Waals surface area (Å²) in [6.07, 6.45) is 0. The van der Waals surface area contributed by atoms with Gasteiger partial charge >= 0.3 is 0 Å². The van der Waals surface area contributed by atoms with Crippen molar-refractivity contribution in [3.05, 3.63) is 28.2 Å². The number of rotatable bonds is 6. The maximum atomic E-state index is 11.9. The van der Waals surface area contributed by atoms with E-state index < -0.39 is 0 Å². The Hall–Kier alpha value is -1.02. The quantitative estimate of drug-likeness (QED) is 0.731. The highest BCUT2D eigenvalue weighted by Crippen LogP contribution is 2.30. The van der Waals surface area contributed by atoms with Crippen molar-refractivity contribution < 1.29 is 4.79 Å². The fourth-order valence-electron chi connectivity index (χ4n) is 1.49. The molecule has 0 fully saturated rings. The van der Waals surface area contributed by atoms with Gasteiger partial charge in [-0.25, -0.2) is 0 Å². The molecule has 0 aliphatic heterocycles. The zero-order valence-electron chi connectivity index (χ0n) is 11.9. The second-order valence-corrected chi connectivity index (χ2v) is 7.60. The Morgan fingerprint density at radius 2 is 2.14 bits per heavy atom. The molecule has 9 heteroatoms. The van der Waals surface area contributed by atoms with Crippen LogP contribution in [0.25, 0.3) is 0 Å². The molecular formula is C13H14Cl2N4OS2. The zero-order chi connectivity index (χ0) is 16.1. The van der Waals surface area contributed by atoms with Crippen LogP contribution < -0.4 is 10.6 Å². The second-order valence-electron chi connectivity index (χ2n) is 4.61. The molecule has 0 radical (unpaired) electrons. The number of hydrogen-bond acceptors (Lipinski definition) is 6. The summed E-state index contributed by atoms with van der Waals surface area (Å²) in [5.74, 6) is 0.0434. The Balaban J connectivity index is 1.87. The van der Waals surface area contributed by atoms with Crippen molar-refractivity contribution in [1.29, 1.82) is 0 Å². The Bertz CT molecular complexity index is 663. The second kappa shape index (κ2) is 8.01. The molecule has 2 rings (SSSR count). The van der Waals surface area contributed by atoms with Crippen LogP contribution in [0.4, 0.5) is 10.8 Å². The maximum absolute atomic E-state index is 11.9. The highest BCUT2D eigenvalue weighted by molar-refractivity contribution is 8.01. The molecule has 0 aliphatic carbocycles. The summed E-state index contributed by atoms with van der Waals surface area (Å²) >= 11 is 14.7. The number of hydrogen-bond donors (Lipinski definition) is 2. The van der Waals surface area contributed by atoms with Gasteiger partial charge in [0.15, 0.2) is 4.34 Å². The summed E-state index contributed by atoms with van der Waals surface area (Å²) in [5, 5.41) is 15.4. The van der Waals surface area contributed by atoms with E-state index in [1.807, 2.05) is 13.8 Å². The summed E-state index contributed by atoms with van der Waals surface area (Å²) in [4.78, 5) is 11.9. The number of aromatic nitrogens is 2. The third-order valence-electron chi connectivity index (χ3n) is 2.37. The van der Waals surface area contributed by atoms with Crippen molar-refractivity contribution in [2.45, 2.75) is 24.2 Å². The summed E-state index contributed by atoms with van der Waals surface area (Å²) in [6, 6.07) is 5.38. The van der Waals surface area contributed by atoms with Crippen LogP contribution in [0.2, 0.25) is 10.0 Å². The lowest BCUT2D eigenvalue weighted by molar-refractivity contribution is -0.113. The minimum absolute atomic E-state index is 0.178. The first-order chi connectivity index (χ1) is 10.5. The zero-order valence-corrected chi connectivity index (χ0v) is 15.0. The third-order valence-corrected chi connectivity index (χ3v) is 5.18. The fraction of sp³-hybridized carbons (Fsp3) is 0.308. The lowest BCUT2D eigenvalue weighted by atomic mass is 10.3. The van der Waals surface area contributed by atoms with E-state index in [4.69, 9.17) is 23.2 Å². The summed E-state index contributed by atoms with van der Waals surface area (Å²) in [7, 11) is 0.